The predicted molar refractivity (Wildman–Crippen MR) is 136 cm³/mol. The summed E-state index contributed by atoms with van der Waals surface area (Å²) < 4.78 is 13.3. The smallest absolute Gasteiger partial charge is 0.297 e. The molecule has 0 radical (unpaired) electrons. The number of amides is 1. The lowest BCUT2D eigenvalue weighted by Gasteiger charge is -2.21. The Labute approximate surface area is 210 Å². The second kappa shape index (κ2) is 8.69. The summed E-state index contributed by atoms with van der Waals surface area (Å²) in [5.74, 6) is 1.06. The molecule has 3 heterocycles. The normalized spacial score (nSPS) is 14.8. The lowest BCUT2D eigenvalue weighted by atomic mass is 10.2. The van der Waals surface area contributed by atoms with Crippen molar-refractivity contribution < 1.29 is 13.9 Å². The summed E-state index contributed by atoms with van der Waals surface area (Å²) in [6.07, 6.45) is 3.13. The van der Waals surface area contributed by atoms with Gasteiger partial charge in [0, 0.05) is 8.95 Å². The number of aromatic nitrogens is 2. The number of hydrogen-bond acceptors (Lipinski definition) is 6. The molecule has 0 spiro atoms. The summed E-state index contributed by atoms with van der Waals surface area (Å²) in [6.45, 7) is 1.66. The van der Waals surface area contributed by atoms with Gasteiger partial charge in [0.2, 0.25) is 0 Å². The predicted octanol–water partition coefficient (Wildman–Crippen LogP) is 4.80. The molecule has 4 aromatic rings. The highest BCUT2D eigenvalue weighted by Crippen LogP contribution is 2.27. The van der Waals surface area contributed by atoms with Crippen LogP contribution in [0.4, 0.5) is 0 Å². The van der Waals surface area contributed by atoms with Crippen LogP contribution in [0.5, 0.6) is 5.75 Å². The third-order valence-corrected chi connectivity index (χ3v) is 6.29. The van der Waals surface area contributed by atoms with E-state index in [2.05, 4.69) is 41.8 Å². The van der Waals surface area contributed by atoms with Crippen LogP contribution in [0.3, 0.4) is 0 Å². The molecular formula is C24H16Br2N4O4. The molecule has 0 unspecified atom stereocenters. The van der Waals surface area contributed by atoms with E-state index in [0.717, 1.165) is 5.56 Å². The van der Waals surface area contributed by atoms with Crippen LogP contribution in [0.25, 0.3) is 17.0 Å². The number of carbonyl (C=O) groups is 1. The molecule has 1 amide bonds. The summed E-state index contributed by atoms with van der Waals surface area (Å²) in [6, 6.07) is 14.1. The number of carbonyl (C=O) groups excluding carboxylic acids is 1. The molecule has 0 saturated carbocycles. The molecule has 10 heteroatoms. The van der Waals surface area contributed by atoms with E-state index in [-0.39, 0.29) is 11.5 Å². The zero-order valence-electron chi connectivity index (χ0n) is 18.0. The van der Waals surface area contributed by atoms with Gasteiger partial charge in [0.1, 0.15) is 17.3 Å². The summed E-state index contributed by atoms with van der Waals surface area (Å²) in [4.78, 5) is 36.3. The fourth-order valence-corrected chi connectivity index (χ4v) is 4.98. The number of benzene rings is 2. The Kier molecular flexibility index (Phi) is 5.70. The van der Waals surface area contributed by atoms with Gasteiger partial charge in [-0.15, -0.1) is 0 Å². The number of ether oxygens (including phenoxy) is 1. The average Bonchev–Trinajstić information content (AvgIpc) is 3.45. The molecule has 0 aliphatic carbocycles. The van der Waals surface area contributed by atoms with Crippen molar-refractivity contribution in [3.05, 3.63) is 96.9 Å². The number of nitrogens with zero attached hydrogens (tertiary/aromatic N) is 4. The van der Waals surface area contributed by atoms with Gasteiger partial charge in [-0.3, -0.25) is 9.59 Å². The van der Waals surface area contributed by atoms with Gasteiger partial charge in [-0.1, -0.05) is 28.1 Å². The molecule has 1 aliphatic rings. The maximum atomic E-state index is 13.6. The van der Waals surface area contributed by atoms with Crippen molar-refractivity contribution in [3.8, 4) is 5.75 Å². The molecule has 5 rings (SSSR count). The lowest BCUT2D eigenvalue weighted by Crippen LogP contribution is -2.49. The van der Waals surface area contributed by atoms with Gasteiger partial charge in [0.15, 0.2) is 11.6 Å². The largest absolute Gasteiger partial charge is 0.497 e. The Bertz CT molecular complexity index is 1550. The Morgan fingerprint density at radius 2 is 1.85 bits per heavy atom. The fourth-order valence-electron chi connectivity index (χ4n) is 3.67. The molecule has 170 valence electrons. The van der Waals surface area contributed by atoms with Crippen LogP contribution in [0, 0.1) is 6.92 Å². The minimum atomic E-state index is -0.484. The Morgan fingerprint density at radius 3 is 2.53 bits per heavy atom. The first kappa shape index (κ1) is 22.3. The van der Waals surface area contributed by atoms with Crippen LogP contribution in [-0.4, -0.2) is 28.5 Å². The highest BCUT2D eigenvalue weighted by atomic mass is 79.9. The first-order chi connectivity index (χ1) is 16.4. The van der Waals surface area contributed by atoms with Gasteiger partial charge >= 0.3 is 0 Å². The van der Waals surface area contributed by atoms with Crippen molar-refractivity contribution in [2.45, 2.75) is 6.92 Å². The highest BCUT2D eigenvalue weighted by molar-refractivity contribution is 9.11. The zero-order chi connectivity index (χ0) is 24.0. The Morgan fingerprint density at radius 1 is 1.09 bits per heavy atom. The van der Waals surface area contributed by atoms with Crippen LogP contribution in [0.2, 0.25) is 0 Å². The number of rotatable bonds is 4. The van der Waals surface area contributed by atoms with Gasteiger partial charge < -0.3 is 9.15 Å². The van der Waals surface area contributed by atoms with Crippen molar-refractivity contribution in [3.63, 3.8) is 0 Å². The second-order valence-electron chi connectivity index (χ2n) is 7.39. The van der Waals surface area contributed by atoms with Gasteiger partial charge in [-0.25, -0.2) is 9.98 Å². The molecule has 0 N–H and O–H groups in total. The van der Waals surface area contributed by atoms with Crippen molar-refractivity contribution in [1.29, 1.82) is 0 Å². The molecule has 34 heavy (non-hydrogen) atoms. The van der Waals surface area contributed by atoms with E-state index in [9.17, 15) is 9.59 Å². The van der Waals surface area contributed by atoms with Gasteiger partial charge in [0.25, 0.3) is 11.5 Å². The summed E-state index contributed by atoms with van der Waals surface area (Å²) in [7, 11) is 1.58. The van der Waals surface area contributed by atoms with Crippen molar-refractivity contribution in [1.82, 2.24) is 9.66 Å². The standard InChI is InChI=1S/C24H16Br2N4O4/c1-13-27-21-17(11-15(25)12-18(21)26)23(31)29(13)30-22(20-4-3-9-34-20)28-19(24(30)32)10-14-5-7-16(33-2)8-6-14/h3-12H,1-2H3/b19-10-. The van der Waals surface area contributed by atoms with Gasteiger partial charge in [-0.05, 0) is 70.9 Å². The first-order valence-corrected chi connectivity index (χ1v) is 11.7. The van der Waals surface area contributed by atoms with E-state index in [1.165, 1.54) is 15.9 Å². The van der Waals surface area contributed by atoms with E-state index in [4.69, 9.17) is 9.15 Å². The minimum absolute atomic E-state index is 0.151. The molecular weight excluding hydrogens is 568 g/mol. The number of fused-ring (bicyclic) bond motifs is 1. The molecule has 2 aromatic heterocycles. The van der Waals surface area contributed by atoms with Crippen molar-refractivity contribution in [2.75, 3.05) is 12.1 Å². The molecule has 0 fully saturated rings. The topological polar surface area (TPSA) is 89.9 Å². The highest BCUT2D eigenvalue weighted by Gasteiger charge is 2.36. The van der Waals surface area contributed by atoms with Gasteiger partial charge in [-0.2, -0.15) is 9.69 Å². The van der Waals surface area contributed by atoms with Crippen LogP contribution >= 0.6 is 31.9 Å². The average molecular weight is 584 g/mol. The molecule has 0 bridgehead atoms. The number of methoxy groups -OCH3 is 1. The summed E-state index contributed by atoms with van der Waals surface area (Å²) in [5.41, 5.74) is 0.988. The SMILES string of the molecule is COc1ccc(/C=C2\N=C(c3ccco3)N(n3c(C)nc4c(Br)cc(Br)cc4c3=O)C2=O)cc1. The van der Waals surface area contributed by atoms with E-state index in [0.29, 0.717) is 37.2 Å². The number of hydrogen-bond donors (Lipinski definition) is 0. The van der Waals surface area contributed by atoms with Crippen LogP contribution in [0.15, 0.2) is 83.6 Å². The van der Waals surface area contributed by atoms with E-state index >= 15 is 0 Å². The quantitative estimate of drug-likeness (QED) is 0.322. The van der Waals surface area contributed by atoms with Crippen LogP contribution in [-0.2, 0) is 4.79 Å². The Hall–Kier alpha value is -3.50. The Balaban J connectivity index is 1.70. The van der Waals surface area contributed by atoms with E-state index in [1.807, 2.05) is 18.2 Å². The maximum Gasteiger partial charge on any atom is 0.297 e. The van der Waals surface area contributed by atoms with Gasteiger partial charge in [0.05, 0.1) is 24.3 Å². The fraction of sp³-hybridized carbons (Fsp3) is 0.0833. The minimum Gasteiger partial charge on any atom is -0.497 e. The summed E-state index contributed by atoms with van der Waals surface area (Å²) in [5, 5.41) is 1.54. The number of aryl methyl sites for hydroxylation is 1. The molecule has 2 aromatic carbocycles. The monoisotopic (exact) mass is 582 g/mol. The van der Waals surface area contributed by atoms with E-state index < -0.39 is 11.5 Å². The van der Waals surface area contributed by atoms with Crippen LogP contribution in [0.1, 0.15) is 17.1 Å². The molecule has 1 aliphatic heterocycles. The third-order valence-electron chi connectivity index (χ3n) is 5.23. The molecule has 0 saturated heterocycles. The molecule has 8 nitrogen and oxygen atoms in total. The maximum absolute atomic E-state index is 13.6. The first-order valence-electron chi connectivity index (χ1n) is 10.1. The van der Waals surface area contributed by atoms with Crippen LogP contribution < -0.4 is 15.3 Å². The number of aliphatic imine (C=N–C) groups is 1. The molecule has 0 atom stereocenters. The van der Waals surface area contributed by atoms with Crippen molar-refractivity contribution in [2.24, 2.45) is 4.99 Å². The lowest BCUT2D eigenvalue weighted by molar-refractivity contribution is -0.115. The van der Waals surface area contributed by atoms with Crippen molar-refractivity contribution >= 4 is 60.6 Å². The second-order valence-corrected chi connectivity index (χ2v) is 9.16. The van der Waals surface area contributed by atoms with E-state index in [1.54, 1.807) is 50.4 Å². The number of halogens is 2. The number of amidine groups is 1. The zero-order valence-corrected chi connectivity index (χ0v) is 21.1. The summed E-state index contributed by atoms with van der Waals surface area (Å²) >= 11 is 6.87. The number of furan rings is 1. The third kappa shape index (κ3) is 3.78.